The Morgan fingerprint density at radius 2 is 2.08 bits per heavy atom. The van der Waals surface area contributed by atoms with E-state index in [1.54, 1.807) is 6.07 Å². The third-order valence-corrected chi connectivity index (χ3v) is 2.67. The molecule has 0 amide bonds. The molecule has 0 aliphatic heterocycles. The zero-order valence-electron chi connectivity index (χ0n) is 6.89. The lowest BCUT2D eigenvalue weighted by molar-refractivity contribution is 0.101. The van der Waals surface area contributed by atoms with Gasteiger partial charge in [0, 0.05) is 5.56 Å². The highest BCUT2D eigenvalue weighted by molar-refractivity contribution is 9.10. The summed E-state index contributed by atoms with van der Waals surface area (Å²) in [5.41, 5.74) is 1.40. The number of hydrogen-bond donors (Lipinski definition) is 1. The van der Waals surface area contributed by atoms with Crippen molar-refractivity contribution < 1.29 is 9.90 Å². The Morgan fingerprint density at radius 1 is 1.50 bits per heavy atom. The fraction of sp³-hybridized carbons (Fsp3) is 0.222. The molecule has 0 aliphatic rings. The van der Waals surface area contributed by atoms with Gasteiger partial charge in [0.25, 0.3) is 0 Å². The number of Topliss-reactive ketones (excluding diaryl/α,β-unsaturated/α-hetero) is 1. The van der Waals surface area contributed by atoms with E-state index in [0.717, 1.165) is 5.56 Å². The molecule has 3 heteroatoms. The van der Waals surface area contributed by atoms with Gasteiger partial charge in [0.2, 0.25) is 0 Å². The van der Waals surface area contributed by atoms with Crippen LogP contribution in [0.1, 0.15) is 22.8 Å². The maximum Gasteiger partial charge on any atom is 0.159 e. The highest BCUT2D eigenvalue weighted by Gasteiger charge is 2.06. The van der Waals surface area contributed by atoms with Gasteiger partial charge in [-0.25, -0.2) is 0 Å². The van der Waals surface area contributed by atoms with Crippen LogP contribution in [0.15, 0.2) is 16.6 Å². The molecule has 12 heavy (non-hydrogen) atoms. The van der Waals surface area contributed by atoms with Gasteiger partial charge >= 0.3 is 0 Å². The number of phenolic OH excluding ortho intramolecular Hbond substituents is 1. The molecule has 0 saturated carbocycles. The van der Waals surface area contributed by atoms with Crippen LogP contribution in [0, 0.1) is 6.92 Å². The Labute approximate surface area is 79.3 Å². The van der Waals surface area contributed by atoms with Crippen molar-refractivity contribution in [3.8, 4) is 5.75 Å². The van der Waals surface area contributed by atoms with Gasteiger partial charge in [0.05, 0.1) is 4.47 Å². The predicted octanol–water partition coefficient (Wildman–Crippen LogP) is 2.67. The second-order valence-corrected chi connectivity index (χ2v) is 3.48. The van der Waals surface area contributed by atoms with E-state index in [9.17, 15) is 9.90 Å². The van der Waals surface area contributed by atoms with Crippen LogP contribution in [-0.4, -0.2) is 10.9 Å². The molecular weight excluding hydrogens is 220 g/mol. The molecule has 0 spiro atoms. The van der Waals surface area contributed by atoms with E-state index < -0.39 is 0 Å². The molecule has 1 N–H and O–H groups in total. The lowest BCUT2D eigenvalue weighted by Gasteiger charge is -2.03. The Balaban J connectivity index is 3.31. The van der Waals surface area contributed by atoms with Crippen LogP contribution >= 0.6 is 15.9 Å². The second kappa shape index (κ2) is 3.27. The normalized spacial score (nSPS) is 9.92. The summed E-state index contributed by atoms with van der Waals surface area (Å²) in [7, 11) is 0. The monoisotopic (exact) mass is 228 g/mol. The van der Waals surface area contributed by atoms with Gasteiger partial charge in [0.1, 0.15) is 5.75 Å². The number of carbonyl (C=O) groups excluding carboxylic acids is 1. The summed E-state index contributed by atoms with van der Waals surface area (Å²) in [5.74, 6) is 0.0705. The predicted molar refractivity (Wildman–Crippen MR) is 50.5 cm³/mol. The number of ketones is 1. The van der Waals surface area contributed by atoms with Crippen LogP contribution < -0.4 is 0 Å². The Kier molecular flexibility index (Phi) is 2.52. The van der Waals surface area contributed by atoms with Crippen LogP contribution in [-0.2, 0) is 0 Å². The summed E-state index contributed by atoms with van der Waals surface area (Å²) in [6.45, 7) is 3.30. The molecule has 1 aromatic rings. The number of aryl methyl sites for hydroxylation is 1. The van der Waals surface area contributed by atoms with Crippen molar-refractivity contribution in [2.45, 2.75) is 13.8 Å². The fourth-order valence-electron chi connectivity index (χ4n) is 0.954. The molecule has 0 aliphatic carbocycles. The van der Waals surface area contributed by atoms with E-state index in [2.05, 4.69) is 15.9 Å². The van der Waals surface area contributed by atoms with Crippen molar-refractivity contribution in [2.24, 2.45) is 0 Å². The molecule has 0 atom stereocenters. The fourth-order valence-corrected chi connectivity index (χ4v) is 1.18. The molecule has 0 fully saturated rings. The summed E-state index contributed by atoms with van der Waals surface area (Å²) >= 11 is 3.20. The lowest BCUT2D eigenvalue weighted by atomic mass is 10.1. The number of carbonyl (C=O) groups is 1. The number of benzene rings is 1. The summed E-state index contributed by atoms with van der Waals surface area (Å²) in [5, 5.41) is 9.33. The average Bonchev–Trinajstić information content (AvgIpc) is 1.99. The quantitative estimate of drug-likeness (QED) is 0.751. The van der Waals surface area contributed by atoms with Gasteiger partial charge in [-0.1, -0.05) is 0 Å². The molecule has 0 saturated heterocycles. The van der Waals surface area contributed by atoms with Crippen molar-refractivity contribution in [1.29, 1.82) is 0 Å². The molecule has 0 unspecified atom stereocenters. The Bertz CT molecular complexity index is 308. The second-order valence-electron chi connectivity index (χ2n) is 2.68. The maximum absolute atomic E-state index is 10.9. The van der Waals surface area contributed by atoms with Crippen molar-refractivity contribution in [2.75, 3.05) is 0 Å². The maximum atomic E-state index is 10.9. The smallest absolute Gasteiger partial charge is 0.159 e. The zero-order valence-corrected chi connectivity index (χ0v) is 8.47. The van der Waals surface area contributed by atoms with Gasteiger partial charge in [-0.3, -0.25) is 4.79 Å². The SMILES string of the molecule is CC(=O)c1cc(C)c(Br)c(O)c1. The topological polar surface area (TPSA) is 37.3 Å². The molecule has 0 radical (unpaired) electrons. The first kappa shape index (κ1) is 9.26. The van der Waals surface area contributed by atoms with Gasteiger partial charge in [-0.15, -0.1) is 0 Å². The average molecular weight is 229 g/mol. The minimum Gasteiger partial charge on any atom is -0.507 e. The molecule has 64 valence electrons. The number of halogens is 1. The van der Waals surface area contributed by atoms with E-state index in [1.807, 2.05) is 6.92 Å². The Hall–Kier alpha value is -0.830. The van der Waals surface area contributed by atoms with Crippen LogP contribution in [0.2, 0.25) is 0 Å². The van der Waals surface area contributed by atoms with Crippen molar-refractivity contribution in [3.05, 3.63) is 27.7 Å². The van der Waals surface area contributed by atoms with Crippen LogP contribution in [0.4, 0.5) is 0 Å². The highest BCUT2D eigenvalue weighted by atomic mass is 79.9. The van der Waals surface area contributed by atoms with Gasteiger partial charge in [0.15, 0.2) is 5.78 Å². The number of hydrogen-bond acceptors (Lipinski definition) is 2. The standard InChI is InChI=1S/C9H9BrO2/c1-5-3-7(6(2)11)4-8(12)9(5)10/h3-4,12H,1-2H3. The number of rotatable bonds is 1. The molecular formula is C9H9BrO2. The van der Waals surface area contributed by atoms with Gasteiger partial charge in [-0.2, -0.15) is 0 Å². The number of aromatic hydroxyl groups is 1. The first-order valence-corrected chi connectivity index (χ1v) is 4.31. The third kappa shape index (κ3) is 1.67. The zero-order chi connectivity index (χ0) is 9.30. The van der Waals surface area contributed by atoms with Crippen LogP contribution in [0.25, 0.3) is 0 Å². The summed E-state index contributed by atoms with van der Waals surface area (Å²) < 4.78 is 0.646. The lowest BCUT2D eigenvalue weighted by Crippen LogP contribution is -1.92. The van der Waals surface area contributed by atoms with Crippen molar-refractivity contribution in [3.63, 3.8) is 0 Å². The number of phenols is 1. The molecule has 0 heterocycles. The van der Waals surface area contributed by atoms with Crippen LogP contribution in [0.3, 0.4) is 0 Å². The molecule has 1 rings (SSSR count). The third-order valence-electron chi connectivity index (χ3n) is 1.64. The minimum absolute atomic E-state index is 0.0408. The van der Waals surface area contributed by atoms with E-state index >= 15 is 0 Å². The highest BCUT2D eigenvalue weighted by Crippen LogP contribution is 2.28. The van der Waals surface area contributed by atoms with Crippen LogP contribution in [0.5, 0.6) is 5.75 Å². The van der Waals surface area contributed by atoms with E-state index in [-0.39, 0.29) is 11.5 Å². The molecule has 0 bridgehead atoms. The molecule has 2 nitrogen and oxygen atoms in total. The van der Waals surface area contributed by atoms with Gasteiger partial charge < -0.3 is 5.11 Å². The summed E-state index contributed by atoms with van der Waals surface area (Å²) in [4.78, 5) is 10.9. The van der Waals surface area contributed by atoms with Crippen molar-refractivity contribution >= 4 is 21.7 Å². The van der Waals surface area contributed by atoms with Crippen molar-refractivity contribution in [1.82, 2.24) is 0 Å². The first-order valence-electron chi connectivity index (χ1n) is 3.52. The Morgan fingerprint density at radius 3 is 2.50 bits per heavy atom. The largest absolute Gasteiger partial charge is 0.507 e. The van der Waals surface area contributed by atoms with Gasteiger partial charge in [-0.05, 0) is 47.5 Å². The minimum atomic E-state index is -0.0408. The summed E-state index contributed by atoms with van der Waals surface area (Å²) in [6.07, 6.45) is 0. The van der Waals surface area contributed by atoms with E-state index in [4.69, 9.17) is 0 Å². The van der Waals surface area contributed by atoms with E-state index in [0.29, 0.717) is 10.0 Å². The molecule has 0 aromatic heterocycles. The first-order chi connectivity index (χ1) is 5.52. The summed E-state index contributed by atoms with van der Waals surface area (Å²) in [6, 6.07) is 3.20. The molecule has 1 aromatic carbocycles. The van der Waals surface area contributed by atoms with E-state index in [1.165, 1.54) is 13.0 Å².